The summed E-state index contributed by atoms with van der Waals surface area (Å²) in [5.41, 5.74) is 6.58. The summed E-state index contributed by atoms with van der Waals surface area (Å²) in [5.74, 6) is 0.854. The van der Waals surface area contributed by atoms with Crippen LogP contribution in [0.4, 0.5) is 0 Å². The summed E-state index contributed by atoms with van der Waals surface area (Å²) < 4.78 is 0. The first kappa shape index (κ1) is 15.0. The van der Waals surface area contributed by atoms with Gasteiger partial charge in [-0.05, 0) is 49.6 Å². The fourth-order valence-corrected chi connectivity index (χ4v) is 3.50. The molecule has 0 radical (unpaired) electrons. The van der Waals surface area contributed by atoms with Gasteiger partial charge in [-0.3, -0.25) is 0 Å². The molecule has 2 heteroatoms. The molecule has 1 fully saturated rings. The van der Waals surface area contributed by atoms with E-state index in [4.69, 9.17) is 5.73 Å². The lowest BCUT2D eigenvalue weighted by Gasteiger charge is -2.44. The molecule has 102 valence electrons. The molecular weight excluding hydrogens is 208 g/mol. The Balaban J connectivity index is 2.60. The molecule has 1 saturated carbocycles. The van der Waals surface area contributed by atoms with Gasteiger partial charge in [-0.25, -0.2) is 0 Å². The van der Waals surface area contributed by atoms with E-state index < -0.39 is 0 Å². The Morgan fingerprint density at radius 1 is 1.29 bits per heavy atom. The highest BCUT2D eigenvalue weighted by molar-refractivity contribution is 4.88. The molecule has 2 N–H and O–H groups in total. The number of hydrogen-bond donors (Lipinski definition) is 1. The zero-order valence-corrected chi connectivity index (χ0v) is 12.7. The van der Waals surface area contributed by atoms with Crippen molar-refractivity contribution in [2.45, 2.75) is 59.9 Å². The van der Waals surface area contributed by atoms with Crippen molar-refractivity contribution in [3.63, 3.8) is 0 Å². The van der Waals surface area contributed by atoms with Crippen LogP contribution < -0.4 is 5.73 Å². The first-order chi connectivity index (χ1) is 7.65. The fourth-order valence-electron chi connectivity index (χ4n) is 3.50. The van der Waals surface area contributed by atoms with Crippen LogP contribution in [0.1, 0.15) is 53.9 Å². The highest BCUT2D eigenvalue weighted by Gasteiger charge is 2.34. The smallest absolute Gasteiger partial charge is 0.0100 e. The van der Waals surface area contributed by atoms with E-state index in [-0.39, 0.29) is 5.41 Å². The highest BCUT2D eigenvalue weighted by atomic mass is 15.1. The lowest BCUT2D eigenvalue weighted by Crippen LogP contribution is -2.46. The second-order valence-corrected chi connectivity index (χ2v) is 7.85. The maximum atomic E-state index is 5.84. The quantitative estimate of drug-likeness (QED) is 0.818. The molecule has 0 saturated heterocycles. The number of nitrogens with two attached hydrogens (primary N) is 1. The van der Waals surface area contributed by atoms with Crippen molar-refractivity contribution in [3.05, 3.63) is 0 Å². The molecule has 2 atom stereocenters. The van der Waals surface area contributed by atoms with Crippen LogP contribution in [0.2, 0.25) is 0 Å². The topological polar surface area (TPSA) is 29.3 Å². The molecule has 1 aliphatic carbocycles. The highest BCUT2D eigenvalue weighted by Crippen LogP contribution is 2.40. The Hall–Kier alpha value is -0.0800. The van der Waals surface area contributed by atoms with Crippen LogP contribution in [0.25, 0.3) is 0 Å². The van der Waals surface area contributed by atoms with Gasteiger partial charge in [0.25, 0.3) is 0 Å². The van der Waals surface area contributed by atoms with Gasteiger partial charge in [0.1, 0.15) is 0 Å². The number of nitrogens with zero attached hydrogens (tertiary/aromatic N) is 1. The Morgan fingerprint density at radius 3 is 2.35 bits per heavy atom. The van der Waals surface area contributed by atoms with Gasteiger partial charge in [-0.1, -0.05) is 34.6 Å². The lowest BCUT2D eigenvalue weighted by atomic mass is 9.70. The molecular formula is C15H32N2. The third-order valence-electron chi connectivity index (χ3n) is 4.22. The summed E-state index contributed by atoms with van der Waals surface area (Å²) in [6.45, 7) is 13.6. The van der Waals surface area contributed by atoms with Crippen LogP contribution >= 0.6 is 0 Å². The van der Waals surface area contributed by atoms with E-state index in [9.17, 15) is 0 Å². The molecule has 1 rings (SSSR count). The molecule has 0 heterocycles. The number of rotatable bonds is 4. The molecule has 0 aromatic rings. The van der Waals surface area contributed by atoms with Gasteiger partial charge in [0.15, 0.2) is 0 Å². The SMILES string of the molecule is CC1CC(N(C)CC(C)(C)CN)CC(C)(C)C1. The summed E-state index contributed by atoms with van der Waals surface area (Å²) in [6, 6.07) is 0.736. The summed E-state index contributed by atoms with van der Waals surface area (Å²) in [5, 5.41) is 0. The second-order valence-electron chi connectivity index (χ2n) is 7.85. The normalized spacial score (nSPS) is 29.6. The standard InChI is InChI=1S/C15H32N2/c1-12-7-13(9-14(2,3)8-12)17(6)11-15(4,5)10-16/h12-13H,7-11,16H2,1-6H3. The molecule has 0 aliphatic heterocycles. The van der Waals surface area contributed by atoms with Gasteiger partial charge in [0.2, 0.25) is 0 Å². The van der Waals surface area contributed by atoms with Crippen molar-refractivity contribution in [1.82, 2.24) is 4.90 Å². The van der Waals surface area contributed by atoms with E-state index in [1.807, 2.05) is 0 Å². The molecule has 1 aliphatic rings. The number of hydrogen-bond acceptors (Lipinski definition) is 2. The van der Waals surface area contributed by atoms with Crippen LogP contribution in [0.3, 0.4) is 0 Å². The van der Waals surface area contributed by atoms with Crippen molar-refractivity contribution in [2.24, 2.45) is 22.5 Å². The van der Waals surface area contributed by atoms with E-state index in [0.717, 1.165) is 25.0 Å². The zero-order valence-electron chi connectivity index (χ0n) is 12.7. The van der Waals surface area contributed by atoms with Crippen molar-refractivity contribution in [2.75, 3.05) is 20.1 Å². The average molecular weight is 240 g/mol. The first-order valence-electron chi connectivity index (χ1n) is 7.05. The van der Waals surface area contributed by atoms with E-state index >= 15 is 0 Å². The van der Waals surface area contributed by atoms with Crippen LogP contribution in [-0.2, 0) is 0 Å². The first-order valence-corrected chi connectivity index (χ1v) is 7.05. The van der Waals surface area contributed by atoms with Crippen molar-refractivity contribution in [1.29, 1.82) is 0 Å². The molecule has 0 aromatic carbocycles. The van der Waals surface area contributed by atoms with Gasteiger partial charge in [0, 0.05) is 12.6 Å². The maximum absolute atomic E-state index is 5.84. The minimum absolute atomic E-state index is 0.236. The molecule has 0 amide bonds. The Morgan fingerprint density at radius 2 is 1.88 bits per heavy atom. The molecule has 2 nitrogen and oxygen atoms in total. The summed E-state index contributed by atoms with van der Waals surface area (Å²) in [4.78, 5) is 2.55. The Bertz CT molecular complexity index is 245. The molecule has 0 spiro atoms. The molecule has 17 heavy (non-hydrogen) atoms. The summed E-state index contributed by atoms with van der Waals surface area (Å²) >= 11 is 0. The fraction of sp³-hybridized carbons (Fsp3) is 1.00. The maximum Gasteiger partial charge on any atom is 0.0100 e. The predicted octanol–water partition coefficient (Wildman–Crippen LogP) is 3.12. The molecule has 0 aromatic heterocycles. The van der Waals surface area contributed by atoms with Crippen molar-refractivity contribution < 1.29 is 0 Å². The van der Waals surface area contributed by atoms with Gasteiger partial charge in [-0.2, -0.15) is 0 Å². The van der Waals surface area contributed by atoms with E-state index in [2.05, 4.69) is 46.6 Å². The molecule has 2 unspecified atom stereocenters. The van der Waals surface area contributed by atoms with E-state index in [0.29, 0.717) is 5.41 Å². The van der Waals surface area contributed by atoms with Gasteiger partial charge in [0.05, 0.1) is 0 Å². The third kappa shape index (κ3) is 4.59. The van der Waals surface area contributed by atoms with Crippen molar-refractivity contribution in [3.8, 4) is 0 Å². The van der Waals surface area contributed by atoms with E-state index in [1.165, 1.54) is 19.3 Å². The van der Waals surface area contributed by atoms with Gasteiger partial charge >= 0.3 is 0 Å². The van der Waals surface area contributed by atoms with E-state index in [1.54, 1.807) is 0 Å². The predicted molar refractivity (Wildman–Crippen MR) is 76.0 cm³/mol. The second kappa shape index (κ2) is 5.27. The monoisotopic (exact) mass is 240 g/mol. The Labute approximate surface area is 108 Å². The van der Waals surface area contributed by atoms with Crippen LogP contribution in [0.5, 0.6) is 0 Å². The third-order valence-corrected chi connectivity index (χ3v) is 4.22. The van der Waals surface area contributed by atoms with Crippen LogP contribution in [0, 0.1) is 16.7 Å². The average Bonchev–Trinajstić information content (AvgIpc) is 2.14. The lowest BCUT2D eigenvalue weighted by molar-refractivity contribution is 0.0620. The van der Waals surface area contributed by atoms with Crippen LogP contribution in [-0.4, -0.2) is 31.1 Å². The molecule has 0 bridgehead atoms. The minimum Gasteiger partial charge on any atom is -0.330 e. The summed E-state index contributed by atoms with van der Waals surface area (Å²) in [7, 11) is 2.27. The summed E-state index contributed by atoms with van der Waals surface area (Å²) in [6.07, 6.45) is 4.05. The van der Waals surface area contributed by atoms with Crippen LogP contribution in [0.15, 0.2) is 0 Å². The minimum atomic E-state index is 0.236. The van der Waals surface area contributed by atoms with Crippen molar-refractivity contribution >= 4 is 0 Å². The van der Waals surface area contributed by atoms with Gasteiger partial charge < -0.3 is 10.6 Å². The zero-order chi connectivity index (χ0) is 13.3. The van der Waals surface area contributed by atoms with Gasteiger partial charge in [-0.15, -0.1) is 0 Å². The largest absolute Gasteiger partial charge is 0.330 e. The Kier molecular flexibility index (Phi) is 4.65.